The van der Waals surface area contributed by atoms with Crippen molar-refractivity contribution in [3.8, 4) is 0 Å². The molecule has 0 fully saturated rings. The molecule has 0 spiro atoms. The first-order valence-electron chi connectivity index (χ1n) is 5.29. The number of rotatable bonds is 3. The lowest BCUT2D eigenvalue weighted by molar-refractivity contribution is 0.0950. The van der Waals surface area contributed by atoms with Gasteiger partial charge in [0, 0.05) is 29.4 Å². The Bertz CT molecular complexity index is 560. The van der Waals surface area contributed by atoms with Crippen molar-refractivity contribution >= 4 is 5.91 Å². The number of hydrogen-bond donors (Lipinski definition) is 2. The van der Waals surface area contributed by atoms with E-state index in [0.717, 1.165) is 29.5 Å². The average Bonchev–Trinajstić information content (AvgIpc) is 2.70. The number of amides is 1. The van der Waals surface area contributed by atoms with Gasteiger partial charge in [0.05, 0.1) is 6.20 Å². The highest BCUT2D eigenvalue weighted by Crippen LogP contribution is 2.08. The zero-order valence-electron chi connectivity index (χ0n) is 9.63. The topological polar surface area (TPSA) is 57.8 Å². The summed E-state index contributed by atoms with van der Waals surface area (Å²) in [7, 11) is 0. The molecule has 4 nitrogen and oxygen atoms in total. The zero-order valence-corrected chi connectivity index (χ0v) is 9.63. The van der Waals surface area contributed by atoms with Gasteiger partial charge in [0.25, 0.3) is 5.91 Å². The fourth-order valence-electron chi connectivity index (χ4n) is 1.52. The van der Waals surface area contributed by atoms with Gasteiger partial charge in [-0.3, -0.25) is 9.89 Å². The molecule has 1 aromatic carbocycles. The summed E-state index contributed by atoms with van der Waals surface area (Å²) in [6.07, 6.45) is 1.59. The maximum Gasteiger partial charge on any atom is 0.251 e. The van der Waals surface area contributed by atoms with E-state index in [1.165, 1.54) is 0 Å². The van der Waals surface area contributed by atoms with Gasteiger partial charge < -0.3 is 5.32 Å². The molecule has 2 aromatic rings. The number of nitrogens with one attached hydrogen (secondary N) is 2. The van der Waals surface area contributed by atoms with E-state index in [0.29, 0.717) is 0 Å². The van der Waals surface area contributed by atoms with Crippen molar-refractivity contribution in [2.45, 2.75) is 13.5 Å². The minimum Gasteiger partial charge on any atom is -0.348 e. The summed E-state index contributed by atoms with van der Waals surface area (Å²) in [5.41, 5.74) is 1.61. The highest BCUT2D eigenvalue weighted by molar-refractivity contribution is 5.94. The quantitative estimate of drug-likeness (QED) is 0.875. The molecule has 0 aliphatic heterocycles. The standard InChI is InChI=1S/C12H11F2N3O/c1-7-9(6-16-17-7)5-15-12(18)8-2-10(13)4-11(14)3-8/h2-4,6H,5H2,1H3,(H,15,18)(H,16,17). The summed E-state index contributed by atoms with van der Waals surface area (Å²) in [4.78, 5) is 11.7. The first-order chi connectivity index (χ1) is 8.56. The fraction of sp³-hybridized carbons (Fsp3) is 0.167. The smallest absolute Gasteiger partial charge is 0.251 e. The van der Waals surface area contributed by atoms with Gasteiger partial charge in [0.15, 0.2) is 0 Å². The lowest BCUT2D eigenvalue weighted by atomic mass is 10.2. The van der Waals surface area contributed by atoms with Gasteiger partial charge in [-0.25, -0.2) is 8.78 Å². The van der Waals surface area contributed by atoms with Crippen LogP contribution in [-0.4, -0.2) is 16.1 Å². The third kappa shape index (κ3) is 2.71. The molecule has 0 bridgehead atoms. The van der Waals surface area contributed by atoms with Crippen LogP contribution in [0.5, 0.6) is 0 Å². The monoisotopic (exact) mass is 251 g/mol. The lowest BCUT2D eigenvalue weighted by Gasteiger charge is -2.05. The summed E-state index contributed by atoms with van der Waals surface area (Å²) in [6.45, 7) is 2.07. The number of halogens is 2. The third-order valence-corrected chi connectivity index (χ3v) is 2.50. The highest BCUT2D eigenvalue weighted by atomic mass is 19.1. The minimum atomic E-state index is -0.778. The van der Waals surface area contributed by atoms with Crippen molar-refractivity contribution in [1.82, 2.24) is 15.5 Å². The SMILES string of the molecule is Cc1[nH]ncc1CNC(=O)c1cc(F)cc(F)c1. The number of aryl methyl sites for hydroxylation is 1. The molecule has 1 heterocycles. The van der Waals surface area contributed by atoms with Crippen LogP contribution in [0.4, 0.5) is 8.78 Å². The van der Waals surface area contributed by atoms with E-state index in [2.05, 4.69) is 15.5 Å². The number of benzene rings is 1. The Balaban J connectivity index is 2.06. The van der Waals surface area contributed by atoms with E-state index >= 15 is 0 Å². The van der Waals surface area contributed by atoms with Crippen LogP contribution in [0.2, 0.25) is 0 Å². The molecular formula is C12H11F2N3O. The molecule has 94 valence electrons. The highest BCUT2D eigenvalue weighted by Gasteiger charge is 2.09. The van der Waals surface area contributed by atoms with Crippen molar-refractivity contribution in [1.29, 1.82) is 0 Å². The Morgan fingerprint density at radius 3 is 2.56 bits per heavy atom. The first-order valence-corrected chi connectivity index (χ1v) is 5.29. The van der Waals surface area contributed by atoms with Gasteiger partial charge >= 0.3 is 0 Å². The second-order valence-corrected chi connectivity index (χ2v) is 3.86. The van der Waals surface area contributed by atoms with Crippen LogP contribution in [0.25, 0.3) is 0 Å². The van der Waals surface area contributed by atoms with Crippen LogP contribution >= 0.6 is 0 Å². The van der Waals surface area contributed by atoms with E-state index in [9.17, 15) is 13.6 Å². The number of aromatic nitrogens is 2. The molecular weight excluding hydrogens is 240 g/mol. The Morgan fingerprint density at radius 2 is 2.00 bits per heavy atom. The second-order valence-electron chi connectivity index (χ2n) is 3.86. The maximum atomic E-state index is 12.9. The molecule has 2 rings (SSSR count). The molecule has 0 radical (unpaired) electrons. The Hall–Kier alpha value is -2.24. The van der Waals surface area contributed by atoms with Crippen LogP contribution < -0.4 is 5.32 Å². The van der Waals surface area contributed by atoms with Crippen molar-refractivity contribution in [3.63, 3.8) is 0 Å². The molecule has 2 N–H and O–H groups in total. The normalized spacial score (nSPS) is 10.4. The van der Waals surface area contributed by atoms with E-state index in [1.54, 1.807) is 6.20 Å². The molecule has 0 saturated heterocycles. The zero-order chi connectivity index (χ0) is 13.1. The molecule has 1 aromatic heterocycles. The van der Waals surface area contributed by atoms with Gasteiger partial charge in [0.2, 0.25) is 0 Å². The molecule has 0 atom stereocenters. The van der Waals surface area contributed by atoms with Gasteiger partial charge in [-0.05, 0) is 19.1 Å². The summed E-state index contributed by atoms with van der Waals surface area (Å²) in [6, 6.07) is 2.69. The van der Waals surface area contributed by atoms with Crippen LogP contribution in [0, 0.1) is 18.6 Å². The lowest BCUT2D eigenvalue weighted by Crippen LogP contribution is -2.23. The third-order valence-electron chi connectivity index (χ3n) is 2.50. The molecule has 0 aliphatic carbocycles. The second kappa shape index (κ2) is 4.95. The first kappa shape index (κ1) is 12.2. The minimum absolute atomic E-state index is 0.0475. The van der Waals surface area contributed by atoms with Crippen LogP contribution in [0.15, 0.2) is 24.4 Å². The molecule has 18 heavy (non-hydrogen) atoms. The Labute approximate surface area is 102 Å². The molecule has 0 unspecified atom stereocenters. The van der Waals surface area contributed by atoms with Gasteiger partial charge in [-0.1, -0.05) is 0 Å². The predicted molar refractivity (Wildman–Crippen MR) is 60.9 cm³/mol. The fourth-order valence-corrected chi connectivity index (χ4v) is 1.52. The number of carbonyl (C=O) groups excluding carboxylic acids is 1. The predicted octanol–water partition coefficient (Wildman–Crippen LogP) is 1.93. The van der Waals surface area contributed by atoms with E-state index in [1.807, 2.05) is 6.92 Å². The van der Waals surface area contributed by atoms with Crippen molar-refractivity contribution < 1.29 is 13.6 Å². The Kier molecular flexibility index (Phi) is 3.36. The molecule has 0 aliphatic rings. The summed E-state index contributed by atoms with van der Waals surface area (Å²) in [5, 5.41) is 9.10. The van der Waals surface area contributed by atoms with Crippen molar-refractivity contribution in [3.05, 3.63) is 52.9 Å². The molecule has 0 saturated carbocycles. The van der Waals surface area contributed by atoms with Crippen LogP contribution in [-0.2, 0) is 6.54 Å². The number of H-pyrrole nitrogens is 1. The molecule has 1 amide bonds. The number of carbonyl (C=O) groups is 1. The van der Waals surface area contributed by atoms with Gasteiger partial charge in [0.1, 0.15) is 11.6 Å². The van der Waals surface area contributed by atoms with Crippen LogP contribution in [0.1, 0.15) is 21.6 Å². The van der Waals surface area contributed by atoms with Crippen molar-refractivity contribution in [2.24, 2.45) is 0 Å². The largest absolute Gasteiger partial charge is 0.348 e. The van der Waals surface area contributed by atoms with E-state index < -0.39 is 17.5 Å². The van der Waals surface area contributed by atoms with Gasteiger partial charge in [-0.15, -0.1) is 0 Å². The molecule has 6 heteroatoms. The van der Waals surface area contributed by atoms with E-state index in [-0.39, 0.29) is 12.1 Å². The maximum absolute atomic E-state index is 12.9. The summed E-state index contributed by atoms with van der Waals surface area (Å²) in [5.74, 6) is -2.09. The van der Waals surface area contributed by atoms with Crippen LogP contribution in [0.3, 0.4) is 0 Å². The number of hydrogen-bond acceptors (Lipinski definition) is 2. The van der Waals surface area contributed by atoms with Gasteiger partial charge in [-0.2, -0.15) is 5.10 Å². The Morgan fingerprint density at radius 1 is 1.33 bits per heavy atom. The summed E-state index contributed by atoms with van der Waals surface area (Å²) < 4.78 is 25.9. The number of nitrogens with zero attached hydrogens (tertiary/aromatic N) is 1. The van der Waals surface area contributed by atoms with E-state index in [4.69, 9.17) is 0 Å². The summed E-state index contributed by atoms with van der Waals surface area (Å²) >= 11 is 0. The average molecular weight is 251 g/mol. The van der Waals surface area contributed by atoms with Crippen molar-refractivity contribution in [2.75, 3.05) is 0 Å². The number of aromatic amines is 1.